The SMILES string of the molecule is O=C(CN1CCNCC1)Nc1cc(Cl)ccc1F. The summed E-state index contributed by atoms with van der Waals surface area (Å²) in [6.07, 6.45) is 0. The van der Waals surface area contributed by atoms with E-state index in [0.29, 0.717) is 5.02 Å². The summed E-state index contributed by atoms with van der Waals surface area (Å²) in [5.74, 6) is -0.703. The van der Waals surface area contributed by atoms with Gasteiger partial charge in [-0.1, -0.05) is 11.6 Å². The van der Waals surface area contributed by atoms with Gasteiger partial charge in [0.25, 0.3) is 0 Å². The van der Waals surface area contributed by atoms with E-state index in [1.165, 1.54) is 18.2 Å². The Labute approximate surface area is 110 Å². The monoisotopic (exact) mass is 271 g/mol. The van der Waals surface area contributed by atoms with Crippen LogP contribution in [0.25, 0.3) is 0 Å². The quantitative estimate of drug-likeness (QED) is 0.872. The van der Waals surface area contributed by atoms with Crippen molar-refractivity contribution in [3.05, 3.63) is 29.0 Å². The van der Waals surface area contributed by atoms with Crippen LogP contribution >= 0.6 is 11.6 Å². The molecule has 2 N–H and O–H groups in total. The molecule has 0 aromatic heterocycles. The first-order chi connectivity index (χ1) is 8.65. The lowest BCUT2D eigenvalue weighted by Crippen LogP contribution is -2.46. The van der Waals surface area contributed by atoms with Crippen molar-refractivity contribution >= 4 is 23.2 Å². The van der Waals surface area contributed by atoms with E-state index >= 15 is 0 Å². The first-order valence-corrected chi connectivity index (χ1v) is 6.21. The van der Waals surface area contributed by atoms with Crippen molar-refractivity contribution in [1.29, 1.82) is 0 Å². The van der Waals surface area contributed by atoms with Crippen molar-refractivity contribution in [2.45, 2.75) is 0 Å². The lowest BCUT2D eigenvalue weighted by atomic mass is 10.3. The van der Waals surface area contributed by atoms with E-state index in [4.69, 9.17) is 11.6 Å². The van der Waals surface area contributed by atoms with Crippen molar-refractivity contribution in [3.8, 4) is 0 Å². The highest BCUT2D eigenvalue weighted by molar-refractivity contribution is 6.30. The van der Waals surface area contributed by atoms with Gasteiger partial charge < -0.3 is 10.6 Å². The molecule has 1 aliphatic rings. The lowest BCUT2D eigenvalue weighted by molar-refractivity contribution is -0.117. The average Bonchev–Trinajstić information content (AvgIpc) is 2.35. The lowest BCUT2D eigenvalue weighted by Gasteiger charge is -2.26. The molecule has 4 nitrogen and oxygen atoms in total. The Morgan fingerprint density at radius 1 is 1.44 bits per heavy atom. The number of carbonyl (C=O) groups excluding carboxylic acids is 1. The molecule has 0 unspecified atom stereocenters. The zero-order valence-electron chi connectivity index (χ0n) is 9.88. The molecule has 18 heavy (non-hydrogen) atoms. The zero-order valence-corrected chi connectivity index (χ0v) is 10.6. The van der Waals surface area contributed by atoms with Gasteiger partial charge in [-0.25, -0.2) is 4.39 Å². The molecule has 98 valence electrons. The molecule has 0 spiro atoms. The van der Waals surface area contributed by atoms with Gasteiger partial charge in [-0.2, -0.15) is 0 Å². The minimum atomic E-state index is -0.479. The highest BCUT2D eigenvalue weighted by Crippen LogP contribution is 2.19. The molecule has 1 aromatic carbocycles. The number of anilines is 1. The molecular weight excluding hydrogens is 257 g/mol. The fourth-order valence-corrected chi connectivity index (χ4v) is 2.03. The number of halogens is 2. The number of rotatable bonds is 3. The molecule has 1 aromatic rings. The van der Waals surface area contributed by atoms with Crippen LogP contribution in [0.1, 0.15) is 0 Å². The van der Waals surface area contributed by atoms with E-state index in [2.05, 4.69) is 10.6 Å². The molecule has 1 heterocycles. The van der Waals surface area contributed by atoms with E-state index in [0.717, 1.165) is 26.2 Å². The molecule has 2 rings (SSSR count). The Balaban J connectivity index is 1.92. The summed E-state index contributed by atoms with van der Waals surface area (Å²) in [5, 5.41) is 6.14. The number of carbonyl (C=O) groups is 1. The van der Waals surface area contributed by atoms with Crippen molar-refractivity contribution in [2.75, 3.05) is 38.0 Å². The molecule has 0 radical (unpaired) electrons. The van der Waals surface area contributed by atoms with Gasteiger partial charge in [0.1, 0.15) is 5.82 Å². The minimum absolute atomic E-state index is 0.127. The molecule has 1 saturated heterocycles. The third-order valence-electron chi connectivity index (χ3n) is 2.78. The normalized spacial score (nSPS) is 16.6. The maximum absolute atomic E-state index is 13.4. The number of nitrogens with zero attached hydrogens (tertiary/aromatic N) is 1. The van der Waals surface area contributed by atoms with E-state index < -0.39 is 5.82 Å². The van der Waals surface area contributed by atoms with E-state index in [1.807, 2.05) is 4.90 Å². The Morgan fingerprint density at radius 3 is 2.89 bits per heavy atom. The van der Waals surface area contributed by atoms with Gasteiger partial charge >= 0.3 is 0 Å². The van der Waals surface area contributed by atoms with Crippen molar-refractivity contribution < 1.29 is 9.18 Å². The molecule has 1 amide bonds. The summed E-state index contributed by atoms with van der Waals surface area (Å²) in [5.41, 5.74) is 0.127. The summed E-state index contributed by atoms with van der Waals surface area (Å²) < 4.78 is 13.4. The van der Waals surface area contributed by atoms with Crippen LogP contribution in [0.5, 0.6) is 0 Å². The fourth-order valence-electron chi connectivity index (χ4n) is 1.86. The zero-order chi connectivity index (χ0) is 13.0. The second-order valence-electron chi connectivity index (χ2n) is 4.20. The van der Waals surface area contributed by atoms with Crippen LogP contribution in [0.4, 0.5) is 10.1 Å². The topological polar surface area (TPSA) is 44.4 Å². The second kappa shape index (κ2) is 6.13. The third-order valence-corrected chi connectivity index (χ3v) is 3.01. The van der Waals surface area contributed by atoms with Crippen LogP contribution in [-0.2, 0) is 4.79 Å². The Hall–Kier alpha value is -1.17. The van der Waals surface area contributed by atoms with Gasteiger partial charge in [-0.15, -0.1) is 0 Å². The third kappa shape index (κ3) is 3.66. The molecule has 0 bridgehead atoms. The van der Waals surface area contributed by atoms with Crippen LogP contribution in [0.15, 0.2) is 18.2 Å². The van der Waals surface area contributed by atoms with Gasteiger partial charge in [-0.3, -0.25) is 9.69 Å². The summed E-state index contributed by atoms with van der Waals surface area (Å²) >= 11 is 5.76. The summed E-state index contributed by atoms with van der Waals surface area (Å²) in [6.45, 7) is 3.67. The van der Waals surface area contributed by atoms with Crippen LogP contribution in [0.2, 0.25) is 5.02 Å². The van der Waals surface area contributed by atoms with E-state index in [9.17, 15) is 9.18 Å². The van der Waals surface area contributed by atoms with Gasteiger partial charge in [-0.05, 0) is 18.2 Å². The Bertz CT molecular complexity index is 435. The van der Waals surface area contributed by atoms with Crippen LogP contribution in [0.3, 0.4) is 0 Å². The number of piperazine rings is 1. The fraction of sp³-hybridized carbons (Fsp3) is 0.417. The summed E-state index contributed by atoms with van der Waals surface area (Å²) in [6, 6.07) is 4.10. The van der Waals surface area contributed by atoms with Crippen molar-refractivity contribution in [1.82, 2.24) is 10.2 Å². The highest BCUT2D eigenvalue weighted by atomic mass is 35.5. The number of amides is 1. The standard InChI is InChI=1S/C12H15ClFN3O/c13-9-1-2-10(14)11(7-9)16-12(18)8-17-5-3-15-4-6-17/h1-2,7,15H,3-6,8H2,(H,16,18). The number of nitrogens with one attached hydrogen (secondary N) is 2. The van der Waals surface area contributed by atoms with Gasteiger partial charge in [0.15, 0.2) is 0 Å². The Morgan fingerprint density at radius 2 is 2.17 bits per heavy atom. The molecule has 0 aliphatic carbocycles. The average molecular weight is 272 g/mol. The molecule has 0 atom stereocenters. The number of hydrogen-bond acceptors (Lipinski definition) is 3. The molecule has 0 saturated carbocycles. The van der Waals surface area contributed by atoms with Crippen molar-refractivity contribution in [3.63, 3.8) is 0 Å². The molecule has 1 fully saturated rings. The van der Waals surface area contributed by atoms with E-state index in [-0.39, 0.29) is 18.1 Å². The molecule has 6 heteroatoms. The predicted molar refractivity (Wildman–Crippen MR) is 69.3 cm³/mol. The highest BCUT2D eigenvalue weighted by Gasteiger charge is 2.14. The maximum Gasteiger partial charge on any atom is 0.238 e. The number of hydrogen-bond donors (Lipinski definition) is 2. The van der Waals surface area contributed by atoms with E-state index in [1.54, 1.807) is 0 Å². The summed E-state index contributed by atoms with van der Waals surface area (Å²) in [4.78, 5) is 13.8. The van der Waals surface area contributed by atoms with Crippen molar-refractivity contribution in [2.24, 2.45) is 0 Å². The smallest absolute Gasteiger partial charge is 0.238 e. The maximum atomic E-state index is 13.4. The van der Waals surface area contributed by atoms with Crippen LogP contribution in [-0.4, -0.2) is 43.5 Å². The first kappa shape index (κ1) is 13.3. The van der Waals surface area contributed by atoms with Crippen LogP contribution in [0, 0.1) is 5.82 Å². The van der Waals surface area contributed by atoms with Gasteiger partial charge in [0.05, 0.1) is 12.2 Å². The molecule has 1 aliphatic heterocycles. The van der Waals surface area contributed by atoms with Gasteiger partial charge in [0.2, 0.25) is 5.91 Å². The minimum Gasteiger partial charge on any atom is -0.322 e. The second-order valence-corrected chi connectivity index (χ2v) is 4.63. The first-order valence-electron chi connectivity index (χ1n) is 5.83. The largest absolute Gasteiger partial charge is 0.322 e. The predicted octanol–water partition coefficient (Wildman–Crippen LogP) is 1.32. The summed E-state index contributed by atoms with van der Waals surface area (Å²) in [7, 11) is 0. The molecular formula is C12H15ClFN3O. The van der Waals surface area contributed by atoms with Crippen LogP contribution < -0.4 is 10.6 Å². The Kier molecular flexibility index (Phi) is 4.52. The van der Waals surface area contributed by atoms with Gasteiger partial charge in [0, 0.05) is 31.2 Å². The number of benzene rings is 1.